The molecule has 1 saturated heterocycles. The van der Waals surface area contributed by atoms with Gasteiger partial charge in [-0.1, -0.05) is 24.3 Å². The van der Waals surface area contributed by atoms with E-state index in [9.17, 15) is 14.4 Å². The lowest BCUT2D eigenvalue weighted by molar-refractivity contribution is -0.135. The Morgan fingerprint density at radius 2 is 2.11 bits per heavy atom. The topological polar surface area (TPSA) is 91.7 Å². The minimum Gasteiger partial charge on any atom is -0.466 e. The van der Waals surface area contributed by atoms with Gasteiger partial charge in [0.15, 0.2) is 5.54 Å². The van der Waals surface area contributed by atoms with Crippen molar-refractivity contribution in [1.29, 1.82) is 0 Å². The van der Waals surface area contributed by atoms with Gasteiger partial charge in [-0.25, -0.2) is 4.79 Å². The van der Waals surface area contributed by atoms with Gasteiger partial charge < -0.3 is 15.1 Å². The molecule has 2 atom stereocenters. The third-order valence-corrected chi connectivity index (χ3v) is 5.30. The molecule has 1 aliphatic heterocycles. The van der Waals surface area contributed by atoms with Crippen LogP contribution in [0.15, 0.2) is 47.1 Å². The number of fused-ring (bicyclic) bond motifs is 1. The van der Waals surface area contributed by atoms with E-state index in [1.54, 1.807) is 19.1 Å². The molecule has 1 aromatic heterocycles. The lowest BCUT2D eigenvalue weighted by Crippen LogP contribution is -2.44. The summed E-state index contributed by atoms with van der Waals surface area (Å²) in [5.41, 5.74) is 1.04. The summed E-state index contributed by atoms with van der Waals surface area (Å²) in [5.74, 6) is -0.518. The molecule has 0 saturated carbocycles. The number of furan rings is 1. The fourth-order valence-corrected chi connectivity index (χ4v) is 3.86. The molecule has 0 bridgehead atoms. The van der Waals surface area contributed by atoms with Crippen molar-refractivity contribution < 1.29 is 18.8 Å². The first kappa shape index (κ1) is 17.3. The molecule has 27 heavy (non-hydrogen) atoms. The maximum absolute atomic E-state index is 12.8. The summed E-state index contributed by atoms with van der Waals surface area (Å²) in [4.78, 5) is 38.6. The van der Waals surface area contributed by atoms with Gasteiger partial charge in [0.2, 0.25) is 5.91 Å². The molecule has 0 unspecified atom stereocenters. The quantitative estimate of drug-likeness (QED) is 0.811. The summed E-state index contributed by atoms with van der Waals surface area (Å²) < 4.78 is 5.29. The van der Waals surface area contributed by atoms with Crippen LogP contribution in [0.3, 0.4) is 0 Å². The van der Waals surface area contributed by atoms with Crippen LogP contribution >= 0.6 is 0 Å². The Balaban J connectivity index is 1.46. The van der Waals surface area contributed by atoms with Gasteiger partial charge in [-0.3, -0.25) is 14.5 Å². The highest BCUT2D eigenvalue weighted by atomic mass is 16.3. The first-order valence-electron chi connectivity index (χ1n) is 9.04. The summed E-state index contributed by atoms with van der Waals surface area (Å²) in [6.45, 7) is 1.25. The minimum atomic E-state index is -1.29. The zero-order valence-corrected chi connectivity index (χ0v) is 15.0. The number of nitrogens with zero attached hydrogens (tertiary/aromatic N) is 1. The summed E-state index contributed by atoms with van der Waals surface area (Å²) in [7, 11) is 0. The second kappa shape index (κ2) is 6.57. The molecule has 140 valence electrons. The summed E-state index contributed by atoms with van der Waals surface area (Å²) in [6, 6.07) is 10.6. The van der Waals surface area contributed by atoms with E-state index in [-0.39, 0.29) is 18.5 Å². The van der Waals surface area contributed by atoms with Gasteiger partial charge >= 0.3 is 6.03 Å². The second-order valence-corrected chi connectivity index (χ2v) is 7.13. The Labute approximate surface area is 156 Å². The van der Waals surface area contributed by atoms with Gasteiger partial charge in [-0.15, -0.1) is 0 Å². The number of nitrogens with one attached hydrogen (secondary N) is 2. The predicted octanol–water partition coefficient (Wildman–Crippen LogP) is 2.24. The van der Waals surface area contributed by atoms with E-state index in [4.69, 9.17) is 4.42 Å². The van der Waals surface area contributed by atoms with E-state index < -0.39 is 17.5 Å². The second-order valence-electron chi connectivity index (χ2n) is 7.13. The smallest absolute Gasteiger partial charge is 0.325 e. The molecule has 2 aromatic rings. The lowest BCUT2D eigenvalue weighted by atomic mass is 9.88. The van der Waals surface area contributed by atoms with Crippen LogP contribution in [0.5, 0.6) is 0 Å². The Bertz CT molecular complexity index is 892. The average Bonchev–Trinajstić information content (AvgIpc) is 3.27. The number of amides is 4. The van der Waals surface area contributed by atoms with Gasteiger partial charge in [-0.05, 0) is 49.4 Å². The molecule has 1 aromatic carbocycles. The number of urea groups is 1. The van der Waals surface area contributed by atoms with Gasteiger partial charge in [0.1, 0.15) is 12.3 Å². The summed E-state index contributed by atoms with van der Waals surface area (Å²) >= 11 is 0. The van der Waals surface area contributed by atoms with E-state index >= 15 is 0 Å². The molecule has 0 spiro atoms. The van der Waals surface area contributed by atoms with Crippen molar-refractivity contribution in [3.8, 4) is 0 Å². The average molecular weight is 367 g/mol. The van der Waals surface area contributed by atoms with Crippen molar-refractivity contribution in [3.63, 3.8) is 0 Å². The first-order chi connectivity index (χ1) is 13.0. The van der Waals surface area contributed by atoms with Crippen LogP contribution in [-0.4, -0.2) is 29.3 Å². The third-order valence-electron chi connectivity index (χ3n) is 5.30. The number of rotatable bonds is 4. The molecule has 0 radical (unpaired) electrons. The van der Waals surface area contributed by atoms with Gasteiger partial charge in [-0.2, -0.15) is 0 Å². The molecule has 2 heterocycles. The molecular formula is C20H21N3O4. The molecular weight excluding hydrogens is 346 g/mol. The van der Waals surface area contributed by atoms with Crippen molar-refractivity contribution in [3.05, 3.63) is 59.5 Å². The summed E-state index contributed by atoms with van der Waals surface area (Å²) in [6.07, 6.45) is 4.27. The fourth-order valence-electron chi connectivity index (χ4n) is 3.86. The largest absolute Gasteiger partial charge is 0.466 e. The molecule has 2 aliphatic rings. The zero-order valence-electron chi connectivity index (χ0n) is 15.0. The van der Waals surface area contributed by atoms with E-state index in [0.717, 1.165) is 29.7 Å². The standard InChI is InChI=1S/C20H21N3O4/c1-20(16-10-5-11-27-16)18(25)23(19(26)22-20)12-17(24)21-15-9-4-7-13-6-2-3-8-14(13)15/h2-3,5-6,8,10-11,15H,4,7,9,12H2,1H3,(H,21,24)(H,22,26)/t15-,20-/m1/s1. The monoisotopic (exact) mass is 367 g/mol. The van der Waals surface area contributed by atoms with Crippen LogP contribution in [-0.2, 0) is 21.5 Å². The van der Waals surface area contributed by atoms with Crippen LogP contribution in [0.2, 0.25) is 0 Å². The summed E-state index contributed by atoms with van der Waals surface area (Å²) in [5, 5.41) is 5.59. The maximum Gasteiger partial charge on any atom is 0.325 e. The van der Waals surface area contributed by atoms with Crippen LogP contribution in [0.25, 0.3) is 0 Å². The number of benzene rings is 1. The van der Waals surface area contributed by atoms with Crippen LogP contribution in [0.4, 0.5) is 4.79 Å². The van der Waals surface area contributed by atoms with Crippen molar-refractivity contribution in [2.24, 2.45) is 0 Å². The Morgan fingerprint density at radius 3 is 2.89 bits per heavy atom. The molecule has 4 rings (SSSR count). The van der Waals surface area contributed by atoms with Crippen LogP contribution in [0, 0.1) is 0 Å². The van der Waals surface area contributed by atoms with Crippen molar-refractivity contribution in [2.75, 3.05) is 6.54 Å². The van der Waals surface area contributed by atoms with Gasteiger partial charge in [0, 0.05) is 0 Å². The number of hydrogen-bond acceptors (Lipinski definition) is 4. The van der Waals surface area contributed by atoms with E-state index in [1.165, 1.54) is 11.8 Å². The molecule has 1 fully saturated rings. The minimum absolute atomic E-state index is 0.0975. The fraction of sp³-hybridized carbons (Fsp3) is 0.350. The number of carbonyl (C=O) groups is 3. The molecule has 4 amide bonds. The number of hydrogen-bond donors (Lipinski definition) is 2. The molecule has 7 heteroatoms. The van der Waals surface area contributed by atoms with Gasteiger partial charge in [0.05, 0.1) is 12.3 Å². The highest BCUT2D eigenvalue weighted by molar-refractivity contribution is 6.08. The number of carbonyl (C=O) groups excluding carboxylic acids is 3. The third kappa shape index (κ3) is 2.99. The highest BCUT2D eigenvalue weighted by Gasteiger charge is 2.51. The normalized spacial score (nSPS) is 24.5. The Morgan fingerprint density at radius 1 is 1.30 bits per heavy atom. The lowest BCUT2D eigenvalue weighted by Gasteiger charge is -2.27. The highest BCUT2D eigenvalue weighted by Crippen LogP contribution is 2.30. The zero-order chi connectivity index (χ0) is 19.0. The van der Waals surface area contributed by atoms with Crippen molar-refractivity contribution in [2.45, 2.75) is 37.8 Å². The molecule has 1 aliphatic carbocycles. The number of imide groups is 1. The predicted molar refractivity (Wildman–Crippen MR) is 96.6 cm³/mol. The van der Waals surface area contributed by atoms with E-state index in [1.807, 2.05) is 18.2 Å². The van der Waals surface area contributed by atoms with Crippen molar-refractivity contribution in [1.82, 2.24) is 15.5 Å². The van der Waals surface area contributed by atoms with Gasteiger partial charge in [0.25, 0.3) is 5.91 Å². The number of aryl methyl sites for hydroxylation is 1. The van der Waals surface area contributed by atoms with E-state index in [0.29, 0.717) is 5.76 Å². The Kier molecular flexibility index (Phi) is 4.22. The van der Waals surface area contributed by atoms with E-state index in [2.05, 4.69) is 16.7 Å². The first-order valence-corrected chi connectivity index (χ1v) is 9.04. The molecule has 2 N–H and O–H groups in total. The SMILES string of the molecule is C[C@]1(c2ccco2)NC(=O)N(CC(=O)N[C@@H]2CCCc3ccccc32)C1=O. The van der Waals surface area contributed by atoms with Crippen LogP contribution < -0.4 is 10.6 Å². The van der Waals surface area contributed by atoms with Crippen LogP contribution in [0.1, 0.15) is 42.7 Å². The maximum atomic E-state index is 12.8. The van der Waals surface area contributed by atoms with Crippen molar-refractivity contribution >= 4 is 17.8 Å². The molecule has 7 nitrogen and oxygen atoms in total. The Hall–Kier alpha value is -3.09.